The lowest BCUT2D eigenvalue weighted by atomic mass is 10.1. The average Bonchev–Trinajstić information content (AvgIpc) is 2.51. The molecule has 0 amide bonds. The molecule has 1 aromatic heterocycles. The molecule has 0 spiro atoms. The molecule has 0 atom stereocenters. The third kappa shape index (κ3) is 1.70. The second-order valence-corrected chi connectivity index (χ2v) is 3.45. The molecule has 0 unspecified atom stereocenters. The summed E-state index contributed by atoms with van der Waals surface area (Å²) in [5, 5.41) is 0. The summed E-state index contributed by atoms with van der Waals surface area (Å²) in [4.78, 5) is 3.99. The summed E-state index contributed by atoms with van der Waals surface area (Å²) in [6.07, 6.45) is 0. The zero-order valence-electron chi connectivity index (χ0n) is 8.54. The van der Waals surface area contributed by atoms with E-state index in [2.05, 4.69) is 4.98 Å². The van der Waals surface area contributed by atoms with E-state index >= 15 is 0 Å². The van der Waals surface area contributed by atoms with E-state index in [9.17, 15) is 4.39 Å². The van der Waals surface area contributed by atoms with Crippen molar-refractivity contribution in [3.63, 3.8) is 0 Å². The van der Waals surface area contributed by atoms with Crippen LogP contribution in [0.5, 0.6) is 0 Å². The molecule has 1 heterocycles. The van der Waals surface area contributed by atoms with E-state index < -0.39 is 6.01 Å². The summed E-state index contributed by atoms with van der Waals surface area (Å²) in [5.41, 5.74) is 8.18. The highest BCUT2D eigenvalue weighted by Gasteiger charge is 2.12. The van der Waals surface area contributed by atoms with Crippen LogP contribution in [-0.4, -0.2) is 4.98 Å². The Hall–Kier alpha value is -1.84. The van der Waals surface area contributed by atoms with Crippen molar-refractivity contribution in [2.45, 2.75) is 13.8 Å². The fourth-order valence-corrected chi connectivity index (χ4v) is 1.36. The first-order chi connectivity index (χ1) is 7.08. The fourth-order valence-electron chi connectivity index (χ4n) is 1.36. The molecular formula is C11H11FN2O. The van der Waals surface area contributed by atoms with Crippen LogP contribution in [0.3, 0.4) is 0 Å². The van der Waals surface area contributed by atoms with Crippen molar-refractivity contribution in [1.82, 2.24) is 4.98 Å². The van der Waals surface area contributed by atoms with Gasteiger partial charge in [-0.05, 0) is 31.5 Å². The van der Waals surface area contributed by atoms with Gasteiger partial charge in [0.15, 0.2) is 0 Å². The van der Waals surface area contributed by atoms with Crippen LogP contribution >= 0.6 is 0 Å². The molecule has 0 saturated heterocycles. The third-order valence-electron chi connectivity index (χ3n) is 2.23. The SMILES string of the molecule is Cc1ccc(N)cc1-c1nc(C)c(F)o1. The van der Waals surface area contributed by atoms with Crippen molar-refractivity contribution < 1.29 is 8.81 Å². The number of halogens is 1. The highest BCUT2D eigenvalue weighted by molar-refractivity contribution is 5.64. The predicted molar refractivity (Wildman–Crippen MR) is 55.8 cm³/mol. The van der Waals surface area contributed by atoms with Gasteiger partial charge in [0.1, 0.15) is 5.69 Å². The Labute approximate surface area is 86.7 Å². The van der Waals surface area contributed by atoms with Crippen LogP contribution in [-0.2, 0) is 0 Å². The predicted octanol–water partition coefficient (Wildman–Crippen LogP) is 2.68. The van der Waals surface area contributed by atoms with E-state index in [-0.39, 0.29) is 11.6 Å². The molecule has 0 saturated carbocycles. The summed E-state index contributed by atoms with van der Waals surface area (Å²) >= 11 is 0. The van der Waals surface area contributed by atoms with Gasteiger partial charge in [-0.2, -0.15) is 4.39 Å². The van der Waals surface area contributed by atoms with Gasteiger partial charge in [0.25, 0.3) is 0 Å². The molecule has 0 aliphatic heterocycles. The molecule has 0 bridgehead atoms. The van der Waals surface area contributed by atoms with E-state index in [4.69, 9.17) is 10.2 Å². The van der Waals surface area contributed by atoms with Crippen molar-refractivity contribution in [3.05, 3.63) is 35.5 Å². The van der Waals surface area contributed by atoms with E-state index in [1.807, 2.05) is 13.0 Å². The van der Waals surface area contributed by atoms with Gasteiger partial charge in [0.05, 0.1) is 0 Å². The summed E-state index contributed by atoms with van der Waals surface area (Å²) in [7, 11) is 0. The average molecular weight is 206 g/mol. The molecular weight excluding hydrogens is 195 g/mol. The molecule has 2 rings (SSSR count). The Morgan fingerprint density at radius 3 is 2.67 bits per heavy atom. The molecule has 78 valence electrons. The van der Waals surface area contributed by atoms with Crippen LogP contribution in [0.2, 0.25) is 0 Å². The van der Waals surface area contributed by atoms with Gasteiger partial charge in [0.2, 0.25) is 5.89 Å². The first-order valence-electron chi connectivity index (χ1n) is 4.57. The zero-order valence-corrected chi connectivity index (χ0v) is 8.54. The molecule has 1 aromatic carbocycles. The Morgan fingerprint density at radius 2 is 2.07 bits per heavy atom. The lowest BCUT2D eigenvalue weighted by Gasteiger charge is -2.01. The van der Waals surface area contributed by atoms with Crippen LogP contribution < -0.4 is 5.73 Å². The van der Waals surface area contributed by atoms with Crippen molar-refractivity contribution in [1.29, 1.82) is 0 Å². The number of benzene rings is 1. The number of aryl methyl sites for hydroxylation is 2. The monoisotopic (exact) mass is 206 g/mol. The van der Waals surface area contributed by atoms with Crippen LogP contribution in [0.4, 0.5) is 10.1 Å². The molecule has 0 aliphatic rings. The van der Waals surface area contributed by atoms with E-state index in [1.54, 1.807) is 19.1 Å². The normalized spacial score (nSPS) is 10.6. The summed E-state index contributed by atoms with van der Waals surface area (Å²) < 4.78 is 17.9. The molecule has 3 nitrogen and oxygen atoms in total. The van der Waals surface area contributed by atoms with Crippen LogP contribution in [0.25, 0.3) is 11.5 Å². The second kappa shape index (κ2) is 3.38. The first kappa shape index (κ1) is 9.71. The minimum atomic E-state index is -0.646. The maximum absolute atomic E-state index is 13.0. The minimum Gasteiger partial charge on any atom is -0.411 e. The first-order valence-corrected chi connectivity index (χ1v) is 4.57. The highest BCUT2D eigenvalue weighted by Crippen LogP contribution is 2.26. The quantitative estimate of drug-likeness (QED) is 0.730. The highest BCUT2D eigenvalue weighted by atomic mass is 19.1. The lowest BCUT2D eigenvalue weighted by molar-refractivity contribution is 0.362. The van der Waals surface area contributed by atoms with Crippen molar-refractivity contribution in [2.75, 3.05) is 5.73 Å². The van der Waals surface area contributed by atoms with Crippen LogP contribution in [0, 0.1) is 19.9 Å². The van der Waals surface area contributed by atoms with E-state index in [0.717, 1.165) is 11.1 Å². The molecule has 0 radical (unpaired) electrons. The number of rotatable bonds is 1. The number of anilines is 1. The van der Waals surface area contributed by atoms with Gasteiger partial charge >= 0.3 is 6.01 Å². The standard InChI is InChI=1S/C11H11FN2O/c1-6-3-4-8(13)5-9(6)11-14-7(2)10(12)15-11/h3-5H,13H2,1-2H3. The summed E-state index contributed by atoms with van der Waals surface area (Å²) in [6, 6.07) is 4.71. The van der Waals surface area contributed by atoms with Crippen molar-refractivity contribution >= 4 is 5.69 Å². The lowest BCUT2D eigenvalue weighted by Crippen LogP contribution is -1.88. The largest absolute Gasteiger partial charge is 0.411 e. The fraction of sp³-hybridized carbons (Fsp3) is 0.182. The smallest absolute Gasteiger partial charge is 0.301 e. The topological polar surface area (TPSA) is 52.0 Å². The number of hydrogen-bond donors (Lipinski definition) is 1. The van der Waals surface area contributed by atoms with Gasteiger partial charge in [0, 0.05) is 11.3 Å². The van der Waals surface area contributed by atoms with Crippen molar-refractivity contribution in [3.8, 4) is 11.5 Å². The Bertz CT molecular complexity index is 486. The van der Waals surface area contributed by atoms with Crippen LogP contribution in [0.15, 0.2) is 22.6 Å². The molecule has 0 fully saturated rings. The number of aromatic nitrogens is 1. The molecule has 4 heteroatoms. The van der Waals surface area contributed by atoms with Gasteiger partial charge in [-0.3, -0.25) is 0 Å². The van der Waals surface area contributed by atoms with E-state index in [0.29, 0.717) is 5.69 Å². The third-order valence-corrected chi connectivity index (χ3v) is 2.23. The number of nitrogen functional groups attached to an aromatic ring is 1. The summed E-state index contributed by atoms with van der Waals surface area (Å²) in [5.74, 6) is 0.273. The second-order valence-electron chi connectivity index (χ2n) is 3.45. The maximum atomic E-state index is 13.0. The molecule has 0 aliphatic carbocycles. The van der Waals surface area contributed by atoms with Gasteiger partial charge in [-0.1, -0.05) is 6.07 Å². The number of nitrogens with zero attached hydrogens (tertiary/aromatic N) is 1. The molecule has 15 heavy (non-hydrogen) atoms. The maximum Gasteiger partial charge on any atom is 0.301 e. The Balaban J connectivity index is 2.58. The van der Waals surface area contributed by atoms with Gasteiger partial charge < -0.3 is 10.2 Å². The molecule has 2 aromatic rings. The van der Waals surface area contributed by atoms with E-state index in [1.165, 1.54) is 0 Å². The van der Waals surface area contributed by atoms with Crippen LogP contribution in [0.1, 0.15) is 11.3 Å². The Morgan fingerprint density at radius 1 is 1.33 bits per heavy atom. The number of oxazole rings is 1. The van der Waals surface area contributed by atoms with Crippen molar-refractivity contribution in [2.24, 2.45) is 0 Å². The Kier molecular flexibility index (Phi) is 2.19. The van der Waals surface area contributed by atoms with Gasteiger partial charge in [-0.25, -0.2) is 4.98 Å². The molecule has 2 N–H and O–H groups in total. The van der Waals surface area contributed by atoms with Gasteiger partial charge in [-0.15, -0.1) is 0 Å². The number of hydrogen-bond acceptors (Lipinski definition) is 3. The minimum absolute atomic E-state index is 0.256. The summed E-state index contributed by atoms with van der Waals surface area (Å²) in [6.45, 7) is 3.45. The zero-order chi connectivity index (χ0) is 11.0. The number of nitrogens with two attached hydrogens (primary N) is 1.